The second kappa shape index (κ2) is 13.9. The highest BCUT2D eigenvalue weighted by Gasteiger charge is 2.19. The number of nitro benzene ring substituents is 1. The number of para-hydroxylation sites is 1. The molecule has 0 saturated carbocycles. The van der Waals surface area contributed by atoms with Crippen LogP contribution >= 0.6 is 15.9 Å². The number of nitrogens with zero attached hydrogens (tertiary/aromatic N) is 4. The van der Waals surface area contributed by atoms with E-state index >= 15 is 0 Å². The Labute approximate surface area is 274 Å². The van der Waals surface area contributed by atoms with Crippen LogP contribution in [0.25, 0.3) is 22.3 Å². The fraction of sp³-hybridized carbons (Fsp3) is 0.229. The van der Waals surface area contributed by atoms with Gasteiger partial charge < -0.3 is 14.2 Å². The molecule has 11 heteroatoms. The molecular formula is C35H33BrN4O6. The molecule has 0 aliphatic carbocycles. The molecule has 10 nitrogen and oxygen atoms in total. The summed E-state index contributed by atoms with van der Waals surface area (Å²) < 4.78 is 19.5. The van der Waals surface area contributed by atoms with Crippen molar-refractivity contribution >= 4 is 38.7 Å². The van der Waals surface area contributed by atoms with Gasteiger partial charge in [0.15, 0.2) is 17.3 Å². The topological polar surface area (TPSA) is 118 Å². The Morgan fingerprint density at radius 2 is 1.76 bits per heavy atom. The summed E-state index contributed by atoms with van der Waals surface area (Å²) in [6.07, 6.45) is 1.57. The van der Waals surface area contributed by atoms with Crippen molar-refractivity contribution in [1.29, 1.82) is 0 Å². The number of non-ortho nitro benzene ring substituents is 1. The first-order valence-electron chi connectivity index (χ1n) is 14.7. The molecular weight excluding hydrogens is 652 g/mol. The number of rotatable bonds is 11. The minimum atomic E-state index is -0.446. The Bertz CT molecular complexity index is 2000. The maximum Gasteiger partial charge on any atom is 0.282 e. The van der Waals surface area contributed by atoms with Gasteiger partial charge in [0.2, 0.25) is 0 Å². The lowest BCUT2D eigenvalue weighted by Crippen LogP contribution is -2.21. The van der Waals surface area contributed by atoms with E-state index in [-0.39, 0.29) is 23.8 Å². The minimum Gasteiger partial charge on any atom is -0.494 e. The lowest BCUT2D eigenvalue weighted by molar-refractivity contribution is -0.384. The van der Waals surface area contributed by atoms with Crippen molar-refractivity contribution in [1.82, 2.24) is 9.66 Å². The van der Waals surface area contributed by atoms with E-state index in [2.05, 4.69) is 34.9 Å². The molecule has 0 amide bonds. The largest absolute Gasteiger partial charge is 0.494 e. The van der Waals surface area contributed by atoms with Crippen LogP contribution in [0.3, 0.4) is 0 Å². The molecule has 1 heterocycles. The normalized spacial score (nSPS) is 11.4. The van der Waals surface area contributed by atoms with Crippen molar-refractivity contribution in [3.05, 3.63) is 120 Å². The van der Waals surface area contributed by atoms with Gasteiger partial charge in [0, 0.05) is 27.7 Å². The lowest BCUT2D eigenvalue weighted by Gasteiger charge is -2.18. The maximum absolute atomic E-state index is 13.9. The zero-order valence-electron chi connectivity index (χ0n) is 26.1. The molecule has 0 N–H and O–H groups in total. The van der Waals surface area contributed by atoms with Crippen LogP contribution < -0.4 is 19.8 Å². The van der Waals surface area contributed by atoms with Crippen LogP contribution in [0.4, 0.5) is 5.69 Å². The van der Waals surface area contributed by atoms with E-state index in [0.29, 0.717) is 44.9 Å². The van der Waals surface area contributed by atoms with Crippen LogP contribution in [0.1, 0.15) is 48.9 Å². The summed E-state index contributed by atoms with van der Waals surface area (Å²) in [5.41, 5.74) is 4.36. The second-order valence-corrected chi connectivity index (χ2v) is 11.7. The van der Waals surface area contributed by atoms with E-state index in [1.54, 1.807) is 42.6 Å². The highest BCUT2D eigenvalue weighted by Crippen LogP contribution is 2.35. The summed E-state index contributed by atoms with van der Waals surface area (Å²) in [5, 5.41) is 16.1. The molecule has 0 radical (unpaired) electrons. The van der Waals surface area contributed by atoms with E-state index in [1.807, 2.05) is 38.1 Å². The molecule has 46 heavy (non-hydrogen) atoms. The highest BCUT2D eigenvalue weighted by molar-refractivity contribution is 9.10. The second-order valence-electron chi connectivity index (χ2n) is 10.8. The quantitative estimate of drug-likeness (QED) is 0.0785. The summed E-state index contributed by atoms with van der Waals surface area (Å²) in [7, 11) is 1.53. The third kappa shape index (κ3) is 6.79. The van der Waals surface area contributed by atoms with Gasteiger partial charge in [0.25, 0.3) is 11.2 Å². The molecule has 0 unspecified atom stereocenters. The predicted molar refractivity (Wildman–Crippen MR) is 183 cm³/mol. The molecule has 5 aromatic rings. The van der Waals surface area contributed by atoms with Crippen LogP contribution in [-0.4, -0.2) is 34.5 Å². The van der Waals surface area contributed by atoms with Crippen molar-refractivity contribution in [2.24, 2.45) is 5.10 Å². The number of fused-ring (bicyclic) bond motifs is 1. The zero-order chi connectivity index (χ0) is 33.0. The van der Waals surface area contributed by atoms with Crippen LogP contribution in [0.15, 0.2) is 87.2 Å². The summed E-state index contributed by atoms with van der Waals surface area (Å²) >= 11 is 3.60. The highest BCUT2D eigenvalue weighted by atomic mass is 79.9. The molecule has 0 atom stereocenters. The SMILES string of the molecule is CCOc1cc(C)c(-c2nc3ccccc3c(=O)n2N=Cc2cc(OC)c(OCc3ccc([N+](=O)[O-])cc3)cc2Br)cc1C(C)C. The van der Waals surface area contributed by atoms with Gasteiger partial charge >= 0.3 is 0 Å². The molecule has 4 aromatic carbocycles. The van der Waals surface area contributed by atoms with Gasteiger partial charge in [-0.3, -0.25) is 14.9 Å². The molecule has 0 aliphatic rings. The Morgan fingerprint density at radius 3 is 2.43 bits per heavy atom. The molecule has 1 aromatic heterocycles. The number of aromatic nitrogens is 2. The van der Waals surface area contributed by atoms with E-state index in [4.69, 9.17) is 19.2 Å². The summed E-state index contributed by atoms with van der Waals surface area (Å²) in [4.78, 5) is 29.3. The number of benzene rings is 4. The number of nitro groups is 1. The fourth-order valence-electron chi connectivity index (χ4n) is 4.99. The molecule has 236 valence electrons. The first kappa shape index (κ1) is 32.4. The van der Waals surface area contributed by atoms with Gasteiger partial charge in [-0.05, 0) is 101 Å². The molecule has 0 fully saturated rings. The third-order valence-corrected chi connectivity index (χ3v) is 8.10. The molecule has 0 saturated heterocycles. The van der Waals surface area contributed by atoms with Crippen molar-refractivity contribution in [2.45, 2.75) is 40.2 Å². The smallest absolute Gasteiger partial charge is 0.282 e. The van der Waals surface area contributed by atoms with E-state index in [1.165, 1.54) is 23.9 Å². The van der Waals surface area contributed by atoms with Gasteiger partial charge in [0.05, 0.1) is 35.8 Å². The minimum absolute atomic E-state index is 0.00893. The monoisotopic (exact) mass is 684 g/mol. The third-order valence-electron chi connectivity index (χ3n) is 7.41. The van der Waals surface area contributed by atoms with Crippen LogP contribution in [-0.2, 0) is 6.61 Å². The van der Waals surface area contributed by atoms with E-state index in [9.17, 15) is 14.9 Å². The van der Waals surface area contributed by atoms with Gasteiger partial charge in [-0.2, -0.15) is 9.78 Å². The fourth-order valence-corrected chi connectivity index (χ4v) is 5.42. The standard InChI is InChI=1S/C35H33BrN4O6/c1-6-45-31-15-22(4)28(17-27(31)21(2)3)34-38-30-10-8-7-9-26(30)35(41)39(34)37-19-24-16-32(44-5)33(18-29(24)36)46-20-23-11-13-25(14-12-23)40(42)43/h7-19,21H,6,20H2,1-5H3. The number of hydrogen-bond acceptors (Lipinski definition) is 8. The Balaban J connectivity index is 1.55. The molecule has 5 rings (SSSR count). The van der Waals surface area contributed by atoms with Crippen molar-refractivity contribution in [3.63, 3.8) is 0 Å². The number of halogens is 1. The Morgan fingerprint density at radius 1 is 1.02 bits per heavy atom. The van der Waals surface area contributed by atoms with Gasteiger partial charge in [0.1, 0.15) is 12.4 Å². The Hall–Kier alpha value is -5.03. The Kier molecular flexibility index (Phi) is 9.81. The van der Waals surface area contributed by atoms with Crippen molar-refractivity contribution < 1.29 is 19.1 Å². The van der Waals surface area contributed by atoms with Crippen LogP contribution in [0.2, 0.25) is 0 Å². The zero-order valence-corrected chi connectivity index (χ0v) is 27.7. The molecule has 0 bridgehead atoms. The first-order chi connectivity index (χ1) is 22.1. The predicted octanol–water partition coefficient (Wildman–Crippen LogP) is 8.03. The van der Waals surface area contributed by atoms with Crippen molar-refractivity contribution in [2.75, 3.05) is 13.7 Å². The summed E-state index contributed by atoms with van der Waals surface area (Å²) in [6.45, 7) is 8.83. The van der Waals surface area contributed by atoms with Crippen LogP contribution in [0.5, 0.6) is 17.2 Å². The first-order valence-corrected chi connectivity index (χ1v) is 15.5. The summed E-state index contributed by atoms with van der Waals surface area (Å²) in [5.74, 6) is 2.30. The van der Waals surface area contributed by atoms with Crippen molar-refractivity contribution in [3.8, 4) is 28.6 Å². The number of hydrogen-bond donors (Lipinski definition) is 0. The van der Waals surface area contributed by atoms with E-state index < -0.39 is 4.92 Å². The number of aryl methyl sites for hydroxylation is 1. The van der Waals surface area contributed by atoms with Crippen LogP contribution in [0, 0.1) is 17.0 Å². The maximum atomic E-state index is 13.9. The van der Waals surface area contributed by atoms with Gasteiger partial charge in [-0.15, -0.1) is 0 Å². The number of ether oxygens (including phenoxy) is 3. The van der Waals surface area contributed by atoms with Gasteiger partial charge in [-0.25, -0.2) is 4.98 Å². The summed E-state index contributed by atoms with van der Waals surface area (Å²) in [6, 6.07) is 20.9. The average Bonchev–Trinajstić information content (AvgIpc) is 3.04. The number of methoxy groups -OCH3 is 1. The molecule has 0 spiro atoms. The average molecular weight is 686 g/mol. The lowest BCUT2D eigenvalue weighted by atomic mass is 9.96. The van der Waals surface area contributed by atoms with Gasteiger partial charge in [-0.1, -0.05) is 26.0 Å². The van der Waals surface area contributed by atoms with E-state index in [0.717, 1.165) is 28.0 Å². The molecule has 0 aliphatic heterocycles.